The van der Waals surface area contributed by atoms with E-state index in [9.17, 15) is 9.59 Å². The zero-order valence-electron chi connectivity index (χ0n) is 12.5. The number of carboxylic acids is 1. The van der Waals surface area contributed by atoms with Crippen LogP contribution in [0.5, 0.6) is 0 Å². The average Bonchev–Trinajstić information content (AvgIpc) is 3.04. The molecule has 0 saturated carbocycles. The molecule has 22 heavy (non-hydrogen) atoms. The van der Waals surface area contributed by atoms with Gasteiger partial charge in [-0.2, -0.15) is 0 Å². The molecule has 0 aliphatic heterocycles. The molecule has 0 atom stereocenters. The van der Waals surface area contributed by atoms with Crippen LogP contribution in [-0.4, -0.2) is 17.0 Å². The molecule has 2 aliphatic rings. The monoisotopic (exact) mass is 295 g/mol. The summed E-state index contributed by atoms with van der Waals surface area (Å²) in [6.07, 6.45) is 9.03. The number of allylic oxidation sites excluding steroid dienone is 6. The highest BCUT2D eigenvalue weighted by Gasteiger charge is 2.20. The minimum atomic E-state index is -0.855. The van der Waals surface area contributed by atoms with Crippen LogP contribution in [0.3, 0.4) is 0 Å². The number of rotatable bonds is 2. The molecule has 3 rings (SSSR count). The number of hydrogen-bond donors (Lipinski definition) is 2. The summed E-state index contributed by atoms with van der Waals surface area (Å²) in [5.74, 6) is -1.21. The van der Waals surface area contributed by atoms with Crippen molar-refractivity contribution in [2.45, 2.75) is 13.8 Å². The number of carbonyl (C=O) groups excluding carboxylic acids is 1. The van der Waals surface area contributed by atoms with Crippen LogP contribution in [0.15, 0.2) is 65.3 Å². The third-order valence-corrected chi connectivity index (χ3v) is 3.67. The van der Waals surface area contributed by atoms with Crippen LogP contribution in [0.25, 0.3) is 0 Å². The molecular weight excluding hydrogens is 278 g/mol. The molecule has 0 aromatic heterocycles. The maximum Gasteiger partial charge on any atom is 0.336 e. The highest BCUT2D eigenvalue weighted by Crippen LogP contribution is 2.30. The molecule has 0 saturated heterocycles. The Balaban J connectivity index is 0.000000160. The summed E-state index contributed by atoms with van der Waals surface area (Å²) < 4.78 is 0. The number of nitrogens with two attached hydrogens (primary N) is 1. The zero-order chi connectivity index (χ0) is 16.3. The number of carbonyl (C=O) groups is 2. The van der Waals surface area contributed by atoms with Gasteiger partial charge in [-0.15, -0.1) is 0 Å². The van der Waals surface area contributed by atoms with E-state index in [-0.39, 0.29) is 5.91 Å². The van der Waals surface area contributed by atoms with Crippen LogP contribution in [0.2, 0.25) is 0 Å². The maximum absolute atomic E-state index is 10.8. The smallest absolute Gasteiger partial charge is 0.336 e. The lowest BCUT2D eigenvalue weighted by molar-refractivity contribution is -0.132. The van der Waals surface area contributed by atoms with E-state index in [1.807, 2.05) is 50.3 Å². The third kappa shape index (κ3) is 3.06. The Morgan fingerprint density at radius 3 is 2.41 bits per heavy atom. The van der Waals surface area contributed by atoms with Crippen molar-refractivity contribution in [1.29, 1.82) is 0 Å². The fourth-order valence-corrected chi connectivity index (χ4v) is 2.29. The van der Waals surface area contributed by atoms with Gasteiger partial charge in [0.15, 0.2) is 0 Å². The van der Waals surface area contributed by atoms with Crippen molar-refractivity contribution in [3.63, 3.8) is 0 Å². The van der Waals surface area contributed by atoms with Crippen LogP contribution in [0, 0.1) is 13.8 Å². The Morgan fingerprint density at radius 1 is 1.09 bits per heavy atom. The summed E-state index contributed by atoms with van der Waals surface area (Å²) in [5.41, 5.74) is 10.1. The van der Waals surface area contributed by atoms with E-state index >= 15 is 0 Å². The first-order chi connectivity index (χ1) is 10.4. The van der Waals surface area contributed by atoms with Crippen molar-refractivity contribution in [1.82, 2.24) is 0 Å². The Labute approximate surface area is 129 Å². The van der Waals surface area contributed by atoms with Gasteiger partial charge in [0.2, 0.25) is 5.91 Å². The largest absolute Gasteiger partial charge is 0.478 e. The van der Waals surface area contributed by atoms with Crippen LogP contribution in [0.1, 0.15) is 21.5 Å². The van der Waals surface area contributed by atoms with Crippen LogP contribution < -0.4 is 5.73 Å². The van der Waals surface area contributed by atoms with Crippen molar-refractivity contribution in [3.8, 4) is 0 Å². The lowest BCUT2D eigenvalue weighted by Crippen LogP contribution is -2.12. The molecule has 0 fully saturated rings. The van der Waals surface area contributed by atoms with Gasteiger partial charge < -0.3 is 10.8 Å². The molecule has 0 heterocycles. The van der Waals surface area contributed by atoms with Gasteiger partial charge in [-0.05, 0) is 48.3 Å². The Bertz CT molecular complexity index is 765. The molecule has 4 nitrogen and oxygen atoms in total. The first-order valence-electron chi connectivity index (χ1n) is 6.82. The molecule has 1 aromatic carbocycles. The average molecular weight is 295 g/mol. The number of fused-ring (bicyclic) bond motifs is 1. The first kappa shape index (κ1) is 15.5. The second kappa shape index (κ2) is 6.26. The van der Waals surface area contributed by atoms with Crippen LogP contribution >= 0.6 is 0 Å². The highest BCUT2D eigenvalue weighted by molar-refractivity contribution is 5.97. The third-order valence-electron chi connectivity index (χ3n) is 3.67. The number of aliphatic carboxylic acids is 1. The molecule has 4 heteroatoms. The van der Waals surface area contributed by atoms with Gasteiger partial charge in [-0.25, -0.2) is 4.79 Å². The summed E-state index contributed by atoms with van der Waals surface area (Å²) in [6.45, 7) is 3.86. The van der Waals surface area contributed by atoms with Gasteiger partial charge in [0, 0.05) is 5.56 Å². The number of aryl methyl sites for hydroxylation is 1. The van der Waals surface area contributed by atoms with E-state index in [1.54, 1.807) is 12.1 Å². The SMILES string of the molecule is Cc1cccc(C(N)=O)c1C.O=C(O)C1=CC=C2C=CC=C21. The fourth-order valence-electron chi connectivity index (χ4n) is 2.29. The van der Waals surface area contributed by atoms with E-state index in [2.05, 4.69) is 0 Å². The van der Waals surface area contributed by atoms with Crippen molar-refractivity contribution >= 4 is 11.9 Å². The second-order valence-electron chi connectivity index (χ2n) is 5.06. The highest BCUT2D eigenvalue weighted by atomic mass is 16.4. The predicted octanol–water partition coefficient (Wildman–Crippen LogP) is 2.84. The van der Waals surface area contributed by atoms with Crippen LogP contribution in [-0.2, 0) is 4.79 Å². The quantitative estimate of drug-likeness (QED) is 0.880. The van der Waals surface area contributed by atoms with E-state index in [0.29, 0.717) is 11.1 Å². The molecule has 1 aromatic rings. The van der Waals surface area contributed by atoms with E-state index in [1.165, 1.54) is 0 Å². The fraction of sp³-hybridized carbons (Fsp3) is 0.111. The predicted molar refractivity (Wildman–Crippen MR) is 85.5 cm³/mol. The minimum absolute atomic E-state index is 0.355. The summed E-state index contributed by atoms with van der Waals surface area (Å²) >= 11 is 0. The van der Waals surface area contributed by atoms with Crippen molar-refractivity contribution in [2.24, 2.45) is 5.73 Å². The molecule has 0 bridgehead atoms. The number of primary amides is 1. The van der Waals surface area contributed by atoms with Crippen LogP contribution in [0.4, 0.5) is 0 Å². The van der Waals surface area contributed by atoms with Crippen molar-refractivity contribution < 1.29 is 14.7 Å². The van der Waals surface area contributed by atoms with Gasteiger partial charge in [-0.1, -0.05) is 36.4 Å². The van der Waals surface area contributed by atoms with Crippen molar-refractivity contribution in [2.75, 3.05) is 0 Å². The van der Waals surface area contributed by atoms with Gasteiger partial charge in [-0.3, -0.25) is 4.79 Å². The lowest BCUT2D eigenvalue weighted by atomic mass is 10.0. The van der Waals surface area contributed by atoms with Gasteiger partial charge in [0.1, 0.15) is 0 Å². The lowest BCUT2D eigenvalue weighted by Gasteiger charge is -2.03. The van der Waals surface area contributed by atoms with Crippen molar-refractivity contribution in [3.05, 3.63) is 82.0 Å². The number of carboxylic acid groups (broad SMARTS) is 1. The van der Waals surface area contributed by atoms with Gasteiger partial charge >= 0.3 is 5.97 Å². The zero-order valence-corrected chi connectivity index (χ0v) is 12.5. The summed E-state index contributed by atoms with van der Waals surface area (Å²) in [6, 6.07) is 5.54. The molecule has 2 aliphatic carbocycles. The van der Waals surface area contributed by atoms with E-state index < -0.39 is 5.97 Å². The number of benzene rings is 1. The molecule has 112 valence electrons. The normalized spacial score (nSPS) is 14.4. The van der Waals surface area contributed by atoms with Gasteiger partial charge in [0.25, 0.3) is 0 Å². The topological polar surface area (TPSA) is 80.4 Å². The Kier molecular flexibility index (Phi) is 4.41. The standard InChI is InChI=1S/C9H11NO.C9H6O2/c1-6-4-3-5-8(7(6)2)9(10)11;10-9(11)8-5-4-6-2-1-3-7(6)8/h3-5H,1-2H3,(H2,10,11);1-5H,(H,10,11). The first-order valence-corrected chi connectivity index (χ1v) is 6.82. The molecule has 1 amide bonds. The molecule has 0 radical (unpaired) electrons. The van der Waals surface area contributed by atoms with E-state index in [4.69, 9.17) is 10.8 Å². The van der Waals surface area contributed by atoms with Gasteiger partial charge in [0.05, 0.1) is 5.57 Å². The number of amides is 1. The summed E-state index contributed by atoms with van der Waals surface area (Å²) in [7, 11) is 0. The Morgan fingerprint density at radius 2 is 1.82 bits per heavy atom. The Hall–Kier alpha value is -2.88. The second-order valence-corrected chi connectivity index (χ2v) is 5.06. The summed E-state index contributed by atoms with van der Waals surface area (Å²) in [5, 5.41) is 8.69. The maximum atomic E-state index is 10.8. The summed E-state index contributed by atoms with van der Waals surface area (Å²) in [4.78, 5) is 21.4. The number of hydrogen-bond acceptors (Lipinski definition) is 2. The molecule has 3 N–H and O–H groups in total. The minimum Gasteiger partial charge on any atom is -0.478 e. The molecule has 0 unspecified atom stereocenters. The molecular formula is C18H17NO3. The molecule has 0 spiro atoms. The van der Waals surface area contributed by atoms with E-state index in [0.717, 1.165) is 22.3 Å².